The molecule has 4 nitrogen and oxygen atoms in total. The van der Waals surface area contributed by atoms with Crippen molar-refractivity contribution in [2.24, 2.45) is 0 Å². The normalized spacial score (nSPS) is 11.8. The van der Waals surface area contributed by atoms with E-state index in [1.165, 1.54) is 0 Å². The number of hydrogen-bond donors (Lipinski definition) is 0. The maximum Gasteiger partial charge on any atom is 0.338 e. The highest BCUT2D eigenvalue weighted by atomic mass is 16.5. The predicted molar refractivity (Wildman–Crippen MR) is 96.2 cm³/mol. The zero-order valence-corrected chi connectivity index (χ0v) is 14.1. The van der Waals surface area contributed by atoms with E-state index >= 15 is 0 Å². The Kier molecular flexibility index (Phi) is 4.80. The lowest BCUT2D eigenvalue weighted by atomic mass is 10.1. The molecule has 0 aliphatic heterocycles. The molecule has 0 radical (unpaired) electrons. The van der Waals surface area contributed by atoms with Gasteiger partial charge in [0, 0.05) is 5.56 Å². The molecule has 25 heavy (non-hydrogen) atoms. The Morgan fingerprint density at radius 3 is 2.16 bits per heavy atom. The van der Waals surface area contributed by atoms with Gasteiger partial charge in [-0.3, -0.25) is 4.79 Å². The molecule has 0 N–H and O–H groups in total. The summed E-state index contributed by atoms with van der Waals surface area (Å²) < 4.78 is 10.4. The van der Waals surface area contributed by atoms with E-state index in [2.05, 4.69) is 0 Å². The number of benzene rings is 3. The Morgan fingerprint density at radius 2 is 1.48 bits per heavy atom. The average molecular weight is 334 g/mol. The van der Waals surface area contributed by atoms with Crippen LogP contribution in [0.3, 0.4) is 0 Å². The van der Waals surface area contributed by atoms with Crippen LogP contribution < -0.4 is 4.74 Å². The minimum Gasteiger partial charge on any atom is -0.497 e. The number of fused-ring (bicyclic) bond motifs is 1. The summed E-state index contributed by atoms with van der Waals surface area (Å²) in [7, 11) is 1.56. The van der Waals surface area contributed by atoms with Crippen molar-refractivity contribution < 1.29 is 19.1 Å². The maximum absolute atomic E-state index is 12.4. The smallest absolute Gasteiger partial charge is 0.338 e. The van der Waals surface area contributed by atoms with E-state index in [4.69, 9.17) is 9.47 Å². The van der Waals surface area contributed by atoms with Crippen LogP contribution >= 0.6 is 0 Å². The molecule has 0 saturated carbocycles. The summed E-state index contributed by atoms with van der Waals surface area (Å²) in [6.07, 6.45) is -0.868. The first-order valence-electron chi connectivity index (χ1n) is 7.96. The van der Waals surface area contributed by atoms with Crippen LogP contribution in [-0.4, -0.2) is 25.0 Å². The van der Waals surface area contributed by atoms with Gasteiger partial charge in [0.2, 0.25) is 5.78 Å². The number of ether oxygens (including phenoxy) is 2. The first kappa shape index (κ1) is 16.7. The zero-order valence-electron chi connectivity index (χ0n) is 14.1. The number of carbonyl (C=O) groups is 2. The fourth-order valence-corrected chi connectivity index (χ4v) is 2.59. The molecular weight excluding hydrogens is 316 g/mol. The van der Waals surface area contributed by atoms with Crippen LogP contribution in [0.2, 0.25) is 0 Å². The molecule has 0 fully saturated rings. The predicted octanol–water partition coefficient (Wildman–Crippen LogP) is 4.28. The van der Waals surface area contributed by atoms with E-state index in [0.717, 1.165) is 10.8 Å². The van der Waals surface area contributed by atoms with Crippen molar-refractivity contribution in [1.82, 2.24) is 0 Å². The van der Waals surface area contributed by atoms with Crippen molar-refractivity contribution in [3.8, 4) is 5.75 Å². The molecule has 0 amide bonds. The topological polar surface area (TPSA) is 52.6 Å². The van der Waals surface area contributed by atoms with Crippen molar-refractivity contribution >= 4 is 22.5 Å². The maximum atomic E-state index is 12.4. The number of ketones is 1. The number of esters is 1. The van der Waals surface area contributed by atoms with Crippen LogP contribution in [0.25, 0.3) is 10.8 Å². The summed E-state index contributed by atoms with van der Waals surface area (Å²) in [5.74, 6) is -0.103. The fourth-order valence-electron chi connectivity index (χ4n) is 2.59. The molecule has 0 aliphatic carbocycles. The second kappa shape index (κ2) is 7.18. The first-order valence-corrected chi connectivity index (χ1v) is 7.96. The van der Waals surface area contributed by atoms with Gasteiger partial charge in [0.25, 0.3) is 0 Å². The highest BCUT2D eigenvalue weighted by Gasteiger charge is 2.20. The van der Waals surface area contributed by atoms with Gasteiger partial charge >= 0.3 is 5.97 Å². The first-order chi connectivity index (χ1) is 12.1. The Balaban J connectivity index is 1.72. The number of hydrogen-bond acceptors (Lipinski definition) is 4. The van der Waals surface area contributed by atoms with Gasteiger partial charge in [0.15, 0.2) is 6.10 Å². The van der Waals surface area contributed by atoms with Gasteiger partial charge in [0.05, 0.1) is 12.7 Å². The van der Waals surface area contributed by atoms with Crippen LogP contribution in [0.1, 0.15) is 27.6 Å². The molecule has 0 aliphatic rings. The summed E-state index contributed by atoms with van der Waals surface area (Å²) in [6, 6.07) is 19.8. The van der Waals surface area contributed by atoms with Crippen molar-refractivity contribution in [2.45, 2.75) is 13.0 Å². The monoisotopic (exact) mass is 334 g/mol. The summed E-state index contributed by atoms with van der Waals surface area (Å²) in [5, 5.41) is 1.99. The molecule has 0 aromatic heterocycles. The summed E-state index contributed by atoms with van der Waals surface area (Å²) in [5.41, 5.74) is 0.896. The molecule has 3 aromatic rings. The number of methoxy groups -OCH3 is 1. The Morgan fingerprint density at radius 1 is 0.840 bits per heavy atom. The van der Waals surface area contributed by atoms with Crippen LogP contribution in [0, 0.1) is 0 Å². The number of carbonyl (C=O) groups excluding carboxylic acids is 2. The summed E-state index contributed by atoms with van der Waals surface area (Å²) in [4.78, 5) is 24.7. The molecule has 126 valence electrons. The second-order valence-electron chi connectivity index (χ2n) is 5.70. The third-order valence-corrected chi connectivity index (χ3v) is 4.01. The molecule has 3 rings (SSSR count). The molecule has 0 spiro atoms. The lowest BCUT2D eigenvalue weighted by Crippen LogP contribution is -2.24. The van der Waals surface area contributed by atoms with E-state index in [1.807, 2.05) is 30.3 Å². The summed E-state index contributed by atoms with van der Waals surface area (Å²) in [6.45, 7) is 1.57. The zero-order chi connectivity index (χ0) is 17.8. The summed E-state index contributed by atoms with van der Waals surface area (Å²) >= 11 is 0. The number of rotatable bonds is 5. The Hall–Kier alpha value is -3.14. The Labute approximate surface area is 146 Å². The Bertz CT molecular complexity index is 913. The van der Waals surface area contributed by atoms with Gasteiger partial charge in [-0.2, -0.15) is 0 Å². The molecule has 0 saturated heterocycles. The molecule has 0 unspecified atom stereocenters. The van der Waals surface area contributed by atoms with E-state index in [-0.39, 0.29) is 5.78 Å². The lowest BCUT2D eigenvalue weighted by Gasteiger charge is -2.13. The quantitative estimate of drug-likeness (QED) is 0.516. The molecule has 0 bridgehead atoms. The van der Waals surface area contributed by atoms with Crippen LogP contribution in [0.15, 0.2) is 66.7 Å². The van der Waals surface area contributed by atoms with Gasteiger partial charge in [-0.05, 0) is 54.1 Å². The minimum absolute atomic E-state index is 0.253. The molecular formula is C21H18O4. The van der Waals surface area contributed by atoms with Crippen LogP contribution in [-0.2, 0) is 4.74 Å². The third-order valence-electron chi connectivity index (χ3n) is 4.01. The minimum atomic E-state index is -0.868. The lowest BCUT2D eigenvalue weighted by molar-refractivity contribution is 0.0319. The van der Waals surface area contributed by atoms with E-state index in [1.54, 1.807) is 50.4 Å². The SMILES string of the molecule is COc1ccc(C(=O)[C@H](C)OC(=O)c2ccc3ccccc3c2)cc1. The average Bonchev–Trinajstić information content (AvgIpc) is 2.67. The molecule has 1 atom stereocenters. The van der Waals surface area contributed by atoms with Gasteiger partial charge in [-0.25, -0.2) is 4.79 Å². The van der Waals surface area contributed by atoms with Crippen LogP contribution in [0.5, 0.6) is 5.75 Å². The van der Waals surface area contributed by atoms with Crippen molar-refractivity contribution in [3.05, 3.63) is 77.9 Å². The third kappa shape index (κ3) is 3.69. The highest BCUT2D eigenvalue weighted by molar-refractivity contribution is 6.02. The molecule has 4 heteroatoms. The van der Waals surface area contributed by atoms with E-state index < -0.39 is 12.1 Å². The fraction of sp³-hybridized carbons (Fsp3) is 0.143. The van der Waals surface area contributed by atoms with Gasteiger partial charge < -0.3 is 9.47 Å². The van der Waals surface area contributed by atoms with E-state index in [0.29, 0.717) is 16.9 Å². The molecule has 0 heterocycles. The number of Topliss-reactive ketones (excluding diaryl/α,β-unsaturated/α-hetero) is 1. The molecule has 3 aromatic carbocycles. The van der Waals surface area contributed by atoms with Crippen LogP contribution in [0.4, 0.5) is 0 Å². The van der Waals surface area contributed by atoms with Crippen molar-refractivity contribution in [3.63, 3.8) is 0 Å². The van der Waals surface area contributed by atoms with Crippen molar-refractivity contribution in [1.29, 1.82) is 0 Å². The standard InChI is InChI=1S/C21H18O4/c1-14(20(22)16-9-11-19(24-2)12-10-16)25-21(23)18-8-7-15-5-3-4-6-17(15)13-18/h3-14H,1-2H3/t14-/m0/s1. The largest absolute Gasteiger partial charge is 0.497 e. The van der Waals surface area contributed by atoms with Gasteiger partial charge in [0.1, 0.15) is 5.75 Å². The second-order valence-corrected chi connectivity index (χ2v) is 5.70. The van der Waals surface area contributed by atoms with Gasteiger partial charge in [-0.15, -0.1) is 0 Å². The van der Waals surface area contributed by atoms with Gasteiger partial charge in [-0.1, -0.05) is 30.3 Å². The van der Waals surface area contributed by atoms with E-state index in [9.17, 15) is 9.59 Å². The van der Waals surface area contributed by atoms with Crippen molar-refractivity contribution in [2.75, 3.05) is 7.11 Å². The highest BCUT2D eigenvalue weighted by Crippen LogP contribution is 2.18.